The molecule has 3 rings (SSSR count). The van der Waals surface area contributed by atoms with Crippen molar-refractivity contribution in [3.8, 4) is 0 Å². The molecule has 0 aliphatic heterocycles. The van der Waals surface area contributed by atoms with Gasteiger partial charge in [0.2, 0.25) is 0 Å². The number of fused-ring (bicyclic) bond motifs is 1. The Morgan fingerprint density at radius 2 is 2.17 bits per heavy atom. The molecular weight excluding hydrogens is 310 g/mol. The summed E-state index contributed by atoms with van der Waals surface area (Å²) in [6.45, 7) is 0.622. The Morgan fingerprint density at radius 1 is 1.30 bits per heavy atom. The fourth-order valence-corrected chi connectivity index (χ4v) is 2.90. The van der Waals surface area contributed by atoms with Gasteiger partial charge in [0.15, 0.2) is 0 Å². The zero-order valence-electron chi connectivity index (χ0n) is 12.8. The van der Waals surface area contributed by atoms with Gasteiger partial charge in [0.05, 0.1) is 5.56 Å². The summed E-state index contributed by atoms with van der Waals surface area (Å²) in [4.78, 5) is 21.4. The Hall–Kier alpha value is -2.41. The minimum atomic E-state index is -0.0280. The molecule has 0 fully saturated rings. The van der Waals surface area contributed by atoms with Crippen molar-refractivity contribution in [3.05, 3.63) is 54.1 Å². The van der Waals surface area contributed by atoms with E-state index in [0.717, 1.165) is 28.9 Å². The first-order chi connectivity index (χ1) is 11.3. The van der Waals surface area contributed by atoms with Crippen molar-refractivity contribution in [2.45, 2.75) is 17.7 Å². The van der Waals surface area contributed by atoms with Crippen LogP contribution in [0.2, 0.25) is 0 Å². The Kier molecular flexibility index (Phi) is 4.87. The molecule has 0 aliphatic carbocycles. The van der Waals surface area contributed by atoms with Crippen LogP contribution in [0.4, 0.5) is 0 Å². The standard InChI is InChI=1S/C16H17N5OS/c1-23-14-7-3-2-6-13(14)15(22)17-8-4-5-12-9-18-16-19-11-20-21(16)10-12/h2-3,6-7,9-11H,4-5,8H2,1H3,(H,17,22). The minimum Gasteiger partial charge on any atom is -0.352 e. The highest BCUT2D eigenvalue weighted by Gasteiger charge is 2.09. The summed E-state index contributed by atoms with van der Waals surface area (Å²) < 4.78 is 1.66. The summed E-state index contributed by atoms with van der Waals surface area (Å²) in [5, 5.41) is 7.03. The fourth-order valence-electron chi connectivity index (χ4n) is 2.31. The zero-order valence-corrected chi connectivity index (χ0v) is 13.6. The summed E-state index contributed by atoms with van der Waals surface area (Å²) in [5.74, 6) is 0.565. The van der Waals surface area contributed by atoms with Crippen LogP contribution in [0.3, 0.4) is 0 Å². The SMILES string of the molecule is CSc1ccccc1C(=O)NCCCc1cnc2ncnn2c1. The molecule has 0 radical (unpaired) electrons. The molecule has 23 heavy (non-hydrogen) atoms. The number of nitrogens with zero attached hydrogens (tertiary/aromatic N) is 4. The van der Waals surface area contributed by atoms with E-state index >= 15 is 0 Å². The Bertz CT molecular complexity index is 817. The van der Waals surface area contributed by atoms with Crippen molar-refractivity contribution in [2.75, 3.05) is 12.8 Å². The molecule has 0 saturated heterocycles. The van der Waals surface area contributed by atoms with Crippen molar-refractivity contribution in [1.29, 1.82) is 0 Å². The first-order valence-electron chi connectivity index (χ1n) is 7.33. The zero-order chi connectivity index (χ0) is 16.1. The van der Waals surface area contributed by atoms with E-state index in [-0.39, 0.29) is 5.91 Å². The molecule has 2 aromatic heterocycles. The van der Waals surface area contributed by atoms with Crippen molar-refractivity contribution < 1.29 is 4.79 Å². The first kappa shape index (κ1) is 15.5. The van der Waals surface area contributed by atoms with Gasteiger partial charge in [-0.3, -0.25) is 4.79 Å². The number of nitrogens with one attached hydrogen (secondary N) is 1. The second-order valence-electron chi connectivity index (χ2n) is 5.03. The van der Waals surface area contributed by atoms with Crippen LogP contribution in [0.25, 0.3) is 5.78 Å². The van der Waals surface area contributed by atoms with E-state index in [1.54, 1.807) is 22.5 Å². The van der Waals surface area contributed by atoms with Gasteiger partial charge >= 0.3 is 0 Å². The number of rotatable bonds is 6. The van der Waals surface area contributed by atoms with Crippen LogP contribution in [-0.4, -0.2) is 38.3 Å². The third-order valence-corrected chi connectivity index (χ3v) is 4.26. The number of carbonyl (C=O) groups excluding carboxylic acids is 1. The molecule has 6 nitrogen and oxygen atoms in total. The lowest BCUT2D eigenvalue weighted by Crippen LogP contribution is -2.25. The second-order valence-corrected chi connectivity index (χ2v) is 5.87. The van der Waals surface area contributed by atoms with Crippen molar-refractivity contribution >= 4 is 23.4 Å². The van der Waals surface area contributed by atoms with Crippen LogP contribution in [0.5, 0.6) is 0 Å². The van der Waals surface area contributed by atoms with Crippen LogP contribution in [-0.2, 0) is 6.42 Å². The third-order valence-electron chi connectivity index (χ3n) is 3.47. The van der Waals surface area contributed by atoms with Gasteiger partial charge in [0, 0.05) is 23.8 Å². The predicted molar refractivity (Wildman–Crippen MR) is 89.7 cm³/mol. The van der Waals surface area contributed by atoms with Crippen molar-refractivity contribution in [2.24, 2.45) is 0 Å². The summed E-state index contributed by atoms with van der Waals surface area (Å²) in [6, 6.07) is 7.63. The maximum atomic E-state index is 12.2. The summed E-state index contributed by atoms with van der Waals surface area (Å²) in [5.41, 5.74) is 1.80. The molecule has 2 heterocycles. The average Bonchev–Trinajstić information content (AvgIpc) is 3.06. The Morgan fingerprint density at radius 3 is 3.04 bits per heavy atom. The highest BCUT2D eigenvalue weighted by Crippen LogP contribution is 2.19. The number of amides is 1. The highest BCUT2D eigenvalue weighted by molar-refractivity contribution is 7.98. The number of hydrogen-bond acceptors (Lipinski definition) is 5. The largest absolute Gasteiger partial charge is 0.352 e. The molecule has 0 unspecified atom stereocenters. The molecule has 0 aliphatic rings. The van der Waals surface area contributed by atoms with E-state index in [1.807, 2.05) is 36.7 Å². The summed E-state index contributed by atoms with van der Waals surface area (Å²) in [6.07, 6.45) is 8.84. The Labute approximate surface area is 138 Å². The maximum Gasteiger partial charge on any atom is 0.252 e. The molecule has 0 spiro atoms. The Balaban J connectivity index is 1.52. The number of hydrogen-bond donors (Lipinski definition) is 1. The van der Waals surface area contributed by atoms with Crippen LogP contribution < -0.4 is 5.32 Å². The van der Waals surface area contributed by atoms with Gasteiger partial charge in [-0.25, -0.2) is 9.50 Å². The smallest absolute Gasteiger partial charge is 0.252 e. The number of thioether (sulfide) groups is 1. The third kappa shape index (κ3) is 3.68. The van der Waals surface area contributed by atoms with Gasteiger partial charge in [0.25, 0.3) is 11.7 Å². The molecule has 7 heteroatoms. The molecule has 1 aromatic carbocycles. The second kappa shape index (κ2) is 7.23. The van der Waals surface area contributed by atoms with E-state index in [1.165, 1.54) is 6.33 Å². The van der Waals surface area contributed by atoms with Crippen LogP contribution >= 0.6 is 11.8 Å². The molecule has 1 amide bonds. The van der Waals surface area contributed by atoms with E-state index < -0.39 is 0 Å². The van der Waals surface area contributed by atoms with E-state index in [9.17, 15) is 4.79 Å². The minimum absolute atomic E-state index is 0.0280. The molecule has 0 saturated carbocycles. The topological polar surface area (TPSA) is 72.2 Å². The molecule has 118 valence electrons. The molecular formula is C16H17N5OS. The van der Waals surface area contributed by atoms with E-state index in [4.69, 9.17) is 0 Å². The van der Waals surface area contributed by atoms with Crippen molar-refractivity contribution in [1.82, 2.24) is 24.9 Å². The molecule has 3 aromatic rings. The normalized spacial score (nSPS) is 10.8. The first-order valence-corrected chi connectivity index (χ1v) is 8.56. The lowest BCUT2D eigenvalue weighted by Gasteiger charge is -2.08. The monoisotopic (exact) mass is 327 g/mol. The number of carbonyl (C=O) groups is 1. The number of aromatic nitrogens is 4. The van der Waals surface area contributed by atoms with Gasteiger partial charge < -0.3 is 5.32 Å². The van der Waals surface area contributed by atoms with Gasteiger partial charge in [-0.05, 0) is 36.8 Å². The van der Waals surface area contributed by atoms with Crippen LogP contribution in [0.15, 0.2) is 47.9 Å². The van der Waals surface area contributed by atoms with Crippen LogP contribution in [0.1, 0.15) is 22.3 Å². The van der Waals surface area contributed by atoms with Gasteiger partial charge in [-0.15, -0.1) is 11.8 Å². The summed E-state index contributed by atoms with van der Waals surface area (Å²) in [7, 11) is 0. The number of aryl methyl sites for hydroxylation is 1. The quantitative estimate of drug-likeness (QED) is 0.555. The van der Waals surface area contributed by atoms with Crippen LogP contribution in [0, 0.1) is 0 Å². The molecule has 1 N–H and O–H groups in total. The lowest BCUT2D eigenvalue weighted by molar-refractivity contribution is 0.0950. The van der Waals surface area contributed by atoms with Gasteiger partial charge in [-0.1, -0.05) is 12.1 Å². The average molecular weight is 327 g/mol. The van der Waals surface area contributed by atoms with E-state index in [0.29, 0.717) is 12.3 Å². The van der Waals surface area contributed by atoms with Gasteiger partial charge in [0.1, 0.15) is 6.33 Å². The predicted octanol–water partition coefficient (Wildman–Crippen LogP) is 2.21. The number of benzene rings is 1. The molecule has 0 bridgehead atoms. The van der Waals surface area contributed by atoms with Gasteiger partial charge in [-0.2, -0.15) is 10.1 Å². The lowest BCUT2D eigenvalue weighted by atomic mass is 10.2. The molecule has 0 atom stereocenters. The van der Waals surface area contributed by atoms with Crippen molar-refractivity contribution in [3.63, 3.8) is 0 Å². The maximum absolute atomic E-state index is 12.2. The highest BCUT2D eigenvalue weighted by atomic mass is 32.2. The summed E-state index contributed by atoms with van der Waals surface area (Å²) >= 11 is 1.58. The fraction of sp³-hybridized carbons (Fsp3) is 0.250. The van der Waals surface area contributed by atoms with E-state index in [2.05, 4.69) is 20.4 Å².